The van der Waals surface area contributed by atoms with Crippen molar-refractivity contribution in [3.05, 3.63) is 120 Å². The number of methoxy groups -OCH3 is 1. The van der Waals surface area contributed by atoms with Gasteiger partial charge < -0.3 is 15.0 Å². The van der Waals surface area contributed by atoms with E-state index in [1.165, 1.54) is 0 Å². The summed E-state index contributed by atoms with van der Waals surface area (Å²) in [6.07, 6.45) is 4.77. The van der Waals surface area contributed by atoms with Gasteiger partial charge in [-0.2, -0.15) is 0 Å². The topological polar surface area (TPSA) is 53.1 Å². The summed E-state index contributed by atoms with van der Waals surface area (Å²) in [5, 5.41) is 0. The van der Waals surface area contributed by atoms with Crippen LogP contribution in [0.15, 0.2) is 97.5 Å². The molecule has 0 atom stereocenters. The number of hydrogen-bond acceptors (Lipinski definition) is 3. The maximum absolute atomic E-state index is 5.78. The van der Waals surface area contributed by atoms with Gasteiger partial charge in [0.25, 0.3) is 0 Å². The Hall–Kier alpha value is -3.37. The van der Waals surface area contributed by atoms with E-state index in [1.807, 2.05) is 30.6 Å². The van der Waals surface area contributed by atoms with E-state index in [0.717, 1.165) is 34.6 Å². The van der Waals surface area contributed by atoms with Crippen LogP contribution in [0.3, 0.4) is 0 Å². The van der Waals surface area contributed by atoms with E-state index < -0.39 is 5.54 Å². The van der Waals surface area contributed by atoms with Gasteiger partial charge in [0.1, 0.15) is 11.3 Å². The lowest BCUT2D eigenvalue weighted by Gasteiger charge is -2.37. The molecule has 0 aliphatic carbocycles. The van der Waals surface area contributed by atoms with Crippen molar-refractivity contribution in [2.75, 3.05) is 13.7 Å². The molecule has 0 amide bonds. The van der Waals surface area contributed by atoms with Gasteiger partial charge in [-0.1, -0.05) is 72.8 Å². The highest BCUT2D eigenvalue weighted by Crippen LogP contribution is 2.41. The number of rotatable bonds is 7. The average molecular weight is 383 g/mol. The summed E-state index contributed by atoms with van der Waals surface area (Å²) in [5.74, 6) is 0.832. The third kappa shape index (κ3) is 3.43. The summed E-state index contributed by atoms with van der Waals surface area (Å²) < 4.78 is 7.60. The average Bonchev–Trinajstić information content (AvgIpc) is 3.25. The van der Waals surface area contributed by atoms with Crippen molar-refractivity contribution in [3.63, 3.8) is 0 Å². The maximum atomic E-state index is 5.78. The molecule has 4 heteroatoms. The van der Waals surface area contributed by atoms with Crippen molar-refractivity contribution >= 4 is 0 Å². The number of ether oxygens (including phenoxy) is 1. The van der Waals surface area contributed by atoms with Crippen molar-refractivity contribution in [2.45, 2.75) is 12.0 Å². The van der Waals surface area contributed by atoms with Gasteiger partial charge in [-0.05, 0) is 35.4 Å². The van der Waals surface area contributed by atoms with E-state index in [2.05, 4.69) is 76.4 Å². The molecule has 0 fully saturated rings. The number of hydrogen-bond donors (Lipinski definition) is 1. The molecule has 0 radical (unpaired) electrons. The molecule has 1 aromatic heterocycles. The lowest BCUT2D eigenvalue weighted by molar-refractivity contribution is 0.414. The number of nitrogens with zero attached hydrogens (tertiary/aromatic N) is 2. The fourth-order valence-electron chi connectivity index (χ4n) is 3.96. The molecule has 1 heterocycles. The summed E-state index contributed by atoms with van der Waals surface area (Å²) in [5.41, 5.74) is 9.66. The summed E-state index contributed by atoms with van der Waals surface area (Å²) in [7, 11) is 1.69. The molecule has 2 N–H and O–H groups in total. The van der Waals surface area contributed by atoms with E-state index in [-0.39, 0.29) is 0 Å². The molecule has 0 spiro atoms. The second-order valence-corrected chi connectivity index (χ2v) is 6.98. The largest absolute Gasteiger partial charge is 0.497 e. The smallest absolute Gasteiger partial charge is 0.121 e. The molecular weight excluding hydrogens is 358 g/mol. The molecule has 29 heavy (non-hydrogen) atoms. The summed E-state index contributed by atoms with van der Waals surface area (Å²) in [6.45, 7) is 0.573. The van der Waals surface area contributed by atoms with Gasteiger partial charge in [0.15, 0.2) is 0 Å². The Labute approximate surface area is 171 Å². The third-order valence-electron chi connectivity index (χ3n) is 5.31. The summed E-state index contributed by atoms with van der Waals surface area (Å²) >= 11 is 0. The standard InChI is InChI=1S/C25H25N3O/c1-29-24-14-12-22(13-15-24)25(20-8-4-2-5-9-20,21-10-6-3-7-11-21)28-18-23(16-17-26)27-19-28/h2-15,18-19H,16-17,26H2,1H3. The number of aromatic nitrogens is 2. The first kappa shape index (κ1) is 19.0. The molecule has 4 rings (SSSR count). The first-order valence-electron chi connectivity index (χ1n) is 9.78. The molecule has 0 saturated heterocycles. The van der Waals surface area contributed by atoms with Gasteiger partial charge in [-0.15, -0.1) is 0 Å². The zero-order valence-electron chi connectivity index (χ0n) is 16.5. The Bertz CT molecular complexity index is 1000. The highest BCUT2D eigenvalue weighted by Gasteiger charge is 2.38. The van der Waals surface area contributed by atoms with E-state index in [9.17, 15) is 0 Å². The fraction of sp³-hybridized carbons (Fsp3) is 0.160. The molecule has 0 bridgehead atoms. The summed E-state index contributed by atoms with van der Waals surface area (Å²) in [6, 6.07) is 29.3. The zero-order chi connectivity index (χ0) is 20.1. The monoisotopic (exact) mass is 383 g/mol. The molecule has 0 aliphatic rings. The number of imidazole rings is 1. The van der Waals surface area contributed by atoms with Crippen molar-refractivity contribution in [2.24, 2.45) is 5.73 Å². The second kappa shape index (κ2) is 8.33. The van der Waals surface area contributed by atoms with Crippen LogP contribution < -0.4 is 10.5 Å². The Morgan fingerprint density at radius 1 is 0.828 bits per heavy atom. The molecular formula is C25H25N3O. The Balaban J connectivity index is 2.04. The SMILES string of the molecule is COc1ccc(C(c2ccccc2)(c2ccccc2)n2cnc(CCN)c2)cc1. The van der Waals surface area contributed by atoms with Crippen molar-refractivity contribution < 1.29 is 4.74 Å². The molecule has 0 aliphatic heterocycles. The number of benzene rings is 3. The Kier molecular flexibility index (Phi) is 5.45. The zero-order valence-corrected chi connectivity index (χ0v) is 16.5. The molecule has 0 unspecified atom stereocenters. The summed E-state index contributed by atoms with van der Waals surface area (Å²) in [4.78, 5) is 4.64. The van der Waals surface area contributed by atoms with Gasteiger partial charge in [-0.25, -0.2) is 4.98 Å². The van der Waals surface area contributed by atoms with Crippen LogP contribution in [0, 0.1) is 0 Å². The van der Waals surface area contributed by atoms with E-state index in [4.69, 9.17) is 10.5 Å². The minimum atomic E-state index is -0.561. The Morgan fingerprint density at radius 2 is 1.38 bits per heavy atom. The minimum absolute atomic E-state index is 0.561. The van der Waals surface area contributed by atoms with Gasteiger partial charge in [0.2, 0.25) is 0 Å². The fourth-order valence-corrected chi connectivity index (χ4v) is 3.96. The van der Waals surface area contributed by atoms with Crippen molar-refractivity contribution in [1.29, 1.82) is 0 Å². The van der Waals surface area contributed by atoms with E-state index >= 15 is 0 Å². The van der Waals surface area contributed by atoms with Crippen molar-refractivity contribution in [3.8, 4) is 5.75 Å². The van der Waals surface area contributed by atoms with Gasteiger partial charge in [0.05, 0.1) is 19.1 Å². The van der Waals surface area contributed by atoms with Gasteiger partial charge >= 0.3 is 0 Å². The lowest BCUT2D eigenvalue weighted by Crippen LogP contribution is -2.37. The maximum Gasteiger partial charge on any atom is 0.121 e. The minimum Gasteiger partial charge on any atom is -0.497 e. The van der Waals surface area contributed by atoms with Crippen LogP contribution in [0.1, 0.15) is 22.4 Å². The normalized spacial score (nSPS) is 11.4. The number of nitrogens with two attached hydrogens (primary N) is 1. The molecule has 4 nitrogen and oxygen atoms in total. The molecule has 146 valence electrons. The molecule has 3 aromatic carbocycles. The second-order valence-electron chi connectivity index (χ2n) is 6.98. The lowest BCUT2D eigenvalue weighted by atomic mass is 9.76. The van der Waals surface area contributed by atoms with Gasteiger partial charge in [0, 0.05) is 12.6 Å². The highest BCUT2D eigenvalue weighted by molar-refractivity contribution is 5.51. The first-order valence-corrected chi connectivity index (χ1v) is 9.78. The molecule has 0 saturated carbocycles. The van der Waals surface area contributed by atoms with Crippen LogP contribution in [0.25, 0.3) is 0 Å². The first-order chi connectivity index (χ1) is 14.3. The van der Waals surface area contributed by atoms with Crippen LogP contribution in [0.5, 0.6) is 5.75 Å². The van der Waals surface area contributed by atoms with Crippen molar-refractivity contribution in [1.82, 2.24) is 9.55 Å². The Morgan fingerprint density at radius 3 is 1.90 bits per heavy atom. The predicted molar refractivity (Wildman–Crippen MR) is 116 cm³/mol. The molecule has 4 aromatic rings. The predicted octanol–water partition coefficient (Wildman–Crippen LogP) is 4.23. The van der Waals surface area contributed by atoms with Crippen LogP contribution >= 0.6 is 0 Å². The van der Waals surface area contributed by atoms with E-state index in [1.54, 1.807) is 7.11 Å². The van der Waals surface area contributed by atoms with Crippen LogP contribution in [-0.2, 0) is 12.0 Å². The van der Waals surface area contributed by atoms with E-state index in [0.29, 0.717) is 6.54 Å². The van der Waals surface area contributed by atoms with Gasteiger partial charge in [-0.3, -0.25) is 0 Å². The third-order valence-corrected chi connectivity index (χ3v) is 5.31. The quantitative estimate of drug-likeness (QED) is 0.486. The highest BCUT2D eigenvalue weighted by atomic mass is 16.5. The van der Waals surface area contributed by atoms with Crippen LogP contribution in [-0.4, -0.2) is 23.2 Å². The van der Waals surface area contributed by atoms with Crippen LogP contribution in [0.4, 0.5) is 0 Å². The van der Waals surface area contributed by atoms with Crippen LogP contribution in [0.2, 0.25) is 0 Å².